The van der Waals surface area contributed by atoms with E-state index in [4.69, 9.17) is 9.47 Å². The highest BCUT2D eigenvalue weighted by molar-refractivity contribution is 4.57. The van der Waals surface area contributed by atoms with Crippen LogP contribution in [0, 0.1) is 0 Å². The molecule has 0 aromatic carbocycles. The van der Waals surface area contributed by atoms with E-state index in [2.05, 4.69) is 6.92 Å². The Morgan fingerprint density at radius 2 is 1.56 bits per heavy atom. The minimum Gasteiger partial charge on any atom is -0.348 e. The monoisotopic (exact) mass is 230 g/mol. The SMILES string of the molecule is CCC[N+]1(CC(OCC)OCC)CCCC1. The van der Waals surface area contributed by atoms with Crippen LogP contribution in [0.5, 0.6) is 0 Å². The molecule has 0 radical (unpaired) electrons. The number of quaternary nitrogens is 1. The van der Waals surface area contributed by atoms with Crippen LogP contribution in [0.4, 0.5) is 0 Å². The van der Waals surface area contributed by atoms with Gasteiger partial charge in [0.05, 0.1) is 19.6 Å². The molecule has 96 valence electrons. The predicted octanol–water partition coefficient (Wildman–Crippen LogP) is 2.41. The summed E-state index contributed by atoms with van der Waals surface area (Å²) in [5.74, 6) is 0. The van der Waals surface area contributed by atoms with Gasteiger partial charge in [-0.3, -0.25) is 0 Å². The van der Waals surface area contributed by atoms with Gasteiger partial charge < -0.3 is 14.0 Å². The molecule has 0 aliphatic carbocycles. The fraction of sp³-hybridized carbons (Fsp3) is 1.00. The largest absolute Gasteiger partial charge is 0.348 e. The molecule has 0 N–H and O–H groups in total. The molecule has 0 aromatic rings. The van der Waals surface area contributed by atoms with Crippen molar-refractivity contribution in [2.75, 3.05) is 39.4 Å². The quantitative estimate of drug-likeness (QED) is 0.471. The lowest BCUT2D eigenvalue weighted by molar-refractivity contribution is -0.922. The van der Waals surface area contributed by atoms with Crippen LogP contribution in [-0.2, 0) is 9.47 Å². The van der Waals surface area contributed by atoms with Crippen LogP contribution in [0.15, 0.2) is 0 Å². The molecular weight excluding hydrogens is 202 g/mol. The molecule has 0 unspecified atom stereocenters. The molecular formula is C13H28NO2+. The summed E-state index contributed by atoms with van der Waals surface area (Å²) in [4.78, 5) is 0. The first-order chi connectivity index (χ1) is 7.76. The molecule has 1 aliphatic rings. The summed E-state index contributed by atoms with van der Waals surface area (Å²) in [5.41, 5.74) is 0. The molecule has 1 heterocycles. The van der Waals surface area contributed by atoms with Gasteiger partial charge in [0.15, 0.2) is 0 Å². The van der Waals surface area contributed by atoms with Gasteiger partial charge in [0, 0.05) is 26.1 Å². The Kier molecular flexibility index (Phi) is 6.32. The van der Waals surface area contributed by atoms with Crippen molar-refractivity contribution >= 4 is 0 Å². The third-order valence-electron chi connectivity index (χ3n) is 3.45. The van der Waals surface area contributed by atoms with Gasteiger partial charge in [0.25, 0.3) is 0 Å². The van der Waals surface area contributed by atoms with Crippen molar-refractivity contribution in [3.8, 4) is 0 Å². The maximum absolute atomic E-state index is 5.68. The molecule has 0 bridgehead atoms. The second kappa shape index (κ2) is 7.25. The zero-order chi connectivity index (χ0) is 11.9. The molecule has 0 saturated carbocycles. The van der Waals surface area contributed by atoms with E-state index < -0.39 is 0 Å². The normalized spacial score (nSPS) is 19.5. The van der Waals surface area contributed by atoms with E-state index in [1.165, 1.54) is 43.4 Å². The van der Waals surface area contributed by atoms with Crippen LogP contribution in [0.2, 0.25) is 0 Å². The lowest BCUT2D eigenvalue weighted by Crippen LogP contribution is -2.51. The summed E-state index contributed by atoms with van der Waals surface area (Å²) in [6, 6.07) is 0. The number of hydrogen-bond donors (Lipinski definition) is 0. The van der Waals surface area contributed by atoms with E-state index in [0.717, 1.165) is 19.8 Å². The average molecular weight is 230 g/mol. The molecule has 1 saturated heterocycles. The maximum atomic E-state index is 5.68. The molecule has 1 fully saturated rings. The molecule has 0 spiro atoms. The fourth-order valence-electron chi connectivity index (χ4n) is 2.82. The van der Waals surface area contributed by atoms with E-state index in [-0.39, 0.29) is 6.29 Å². The van der Waals surface area contributed by atoms with Gasteiger partial charge in [0.2, 0.25) is 6.29 Å². The van der Waals surface area contributed by atoms with Gasteiger partial charge in [-0.05, 0) is 20.3 Å². The zero-order valence-electron chi connectivity index (χ0n) is 11.2. The second-order valence-electron chi connectivity index (χ2n) is 4.74. The molecule has 0 aromatic heterocycles. The van der Waals surface area contributed by atoms with Crippen molar-refractivity contribution in [1.82, 2.24) is 0 Å². The van der Waals surface area contributed by atoms with Gasteiger partial charge in [-0.1, -0.05) is 6.92 Å². The highest BCUT2D eigenvalue weighted by Gasteiger charge is 2.34. The Bertz CT molecular complexity index is 173. The van der Waals surface area contributed by atoms with Gasteiger partial charge in [-0.2, -0.15) is 0 Å². The standard InChI is InChI=1S/C13H28NO2/c1-4-9-14(10-7-8-11-14)12-13(15-5-2)16-6-3/h13H,4-12H2,1-3H3/q+1. The fourth-order valence-corrected chi connectivity index (χ4v) is 2.82. The van der Waals surface area contributed by atoms with Crippen molar-refractivity contribution < 1.29 is 14.0 Å². The summed E-state index contributed by atoms with van der Waals surface area (Å²) in [6.07, 6.45) is 3.99. The molecule has 3 nitrogen and oxygen atoms in total. The molecule has 0 atom stereocenters. The number of rotatable bonds is 8. The first-order valence-corrected chi connectivity index (χ1v) is 6.84. The first kappa shape index (κ1) is 13.9. The molecule has 16 heavy (non-hydrogen) atoms. The van der Waals surface area contributed by atoms with Crippen molar-refractivity contribution in [2.45, 2.75) is 46.3 Å². The highest BCUT2D eigenvalue weighted by Crippen LogP contribution is 2.21. The minimum absolute atomic E-state index is 0.000324. The van der Waals surface area contributed by atoms with Gasteiger partial charge in [0.1, 0.15) is 6.54 Å². The van der Waals surface area contributed by atoms with Crippen LogP contribution in [-0.4, -0.2) is 50.2 Å². The van der Waals surface area contributed by atoms with E-state index in [1.807, 2.05) is 13.8 Å². The topological polar surface area (TPSA) is 18.5 Å². The Balaban J connectivity index is 2.50. The lowest BCUT2D eigenvalue weighted by atomic mass is 10.3. The van der Waals surface area contributed by atoms with Gasteiger partial charge >= 0.3 is 0 Å². The average Bonchev–Trinajstić information content (AvgIpc) is 2.68. The third kappa shape index (κ3) is 4.04. The summed E-state index contributed by atoms with van der Waals surface area (Å²) in [7, 11) is 0. The Morgan fingerprint density at radius 1 is 1.00 bits per heavy atom. The lowest BCUT2D eigenvalue weighted by Gasteiger charge is -2.36. The maximum Gasteiger partial charge on any atom is 0.207 e. The number of ether oxygens (including phenoxy) is 2. The minimum atomic E-state index is -0.000324. The Morgan fingerprint density at radius 3 is 2.00 bits per heavy atom. The van der Waals surface area contributed by atoms with E-state index in [0.29, 0.717) is 0 Å². The molecule has 1 aliphatic heterocycles. The highest BCUT2D eigenvalue weighted by atomic mass is 16.7. The van der Waals surface area contributed by atoms with Crippen LogP contribution in [0.3, 0.4) is 0 Å². The first-order valence-electron chi connectivity index (χ1n) is 6.84. The van der Waals surface area contributed by atoms with Crippen LogP contribution >= 0.6 is 0 Å². The van der Waals surface area contributed by atoms with E-state index in [9.17, 15) is 0 Å². The Hall–Kier alpha value is -0.120. The molecule has 0 amide bonds. The zero-order valence-corrected chi connectivity index (χ0v) is 11.2. The van der Waals surface area contributed by atoms with Gasteiger partial charge in [-0.25, -0.2) is 0 Å². The van der Waals surface area contributed by atoms with Gasteiger partial charge in [-0.15, -0.1) is 0 Å². The third-order valence-corrected chi connectivity index (χ3v) is 3.45. The van der Waals surface area contributed by atoms with E-state index >= 15 is 0 Å². The molecule has 3 heteroatoms. The smallest absolute Gasteiger partial charge is 0.207 e. The Labute approximate surface area is 100 Å². The van der Waals surface area contributed by atoms with Crippen LogP contribution < -0.4 is 0 Å². The summed E-state index contributed by atoms with van der Waals surface area (Å²) < 4.78 is 12.6. The predicted molar refractivity (Wildman–Crippen MR) is 66.3 cm³/mol. The summed E-state index contributed by atoms with van der Waals surface area (Å²) >= 11 is 0. The van der Waals surface area contributed by atoms with Crippen molar-refractivity contribution in [3.05, 3.63) is 0 Å². The van der Waals surface area contributed by atoms with Crippen LogP contribution in [0.25, 0.3) is 0 Å². The number of likely N-dealkylation sites (tertiary alicyclic amines) is 1. The number of hydrogen-bond acceptors (Lipinski definition) is 2. The number of nitrogens with zero attached hydrogens (tertiary/aromatic N) is 1. The van der Waals surface area contributed by atoms with Crippen molar-refractivity contribution in [1.29, 1.82) is 0 Å². The molecule has 1 rings (SSSR count). The van der Waals surface area contributed by atoms with Crippen molar-refractivity contribution in [3.63, 3.8) is 0 Å². The summed E-state index contributed by atoms with van der Waals surface area (Å²) in [5, 5.41) is 0. The van der Waals surface area contributed by atoms with E-state index in [1.54, 1.807) is 0 Å². The second-order valence-corrected chi connectivity index (χ2v) is 4.74. The summed E-state index contributed by atoms with van der Waals surface area (Å²) in [6.45, 7) is 12.8. The van der Waals surface area contributed by atoms with Crippen LogP contribution in [0.1, 0.15) is 40.0 Å². The van der Waals surface area contributed by atoms with Crippen molar-refractivity contribution in [2.24, 2.45) is 0 Å².